The molecule has 1 atom stereocenters. The highest BCUT2D eigenvalue weighted by molar-refractivity contribution is 7.98. The van der Waals surface area contributed by atoms with Crippen LogP contribution in [0.2, 0.25) is 0 Å². The number of likely N-dealkylation sites (tertiary alicyclic amines) is 1. The highest BCUT2D eigenvalue weighted by Gasteiger charge is 2.31. The third-order valence-corrected chi connectivity index (χ3v) is 5.53. The summed E-state index contributed by atoms with van der Waals surface area (Å²) in [5.41, 5.74) is 2.53. The molecule has 23 heavy (non-hydrogen) atoms. The number of benzene rings is 1. The smallest absolute Gasteiger partial charge is 0.255 e. The molecule has 0 spiro atoms. The minimum Gasteiger partial charge on any atom is -0.338 e. The van der Waals surface area contributed by atoms with Crippen LogP contribution in [0, 0.1) is 12.8 Å². The Morgan fingerprint density at radius 3 is 2.87 bits per heavy atom. The summed E-state index contributed by atoms with van der Waals surface area (Å²) < 4.78 is 0. The lowest BCUT2D eigenvalue weighted by atomic mass is 10.1. The van der Waals surface area contributed by atoms with Crippen LogP contribution in [-0.4, -0.2) is 48.4 Å². The molecule has 2 amide bonds. The van der Waals surface area contributed by atoms with Crippen molar-refractivity contribution < 1.29 is 9.59 Å². The average Bonchev–Trinajstić information content (AvgIpc) is 3.16. The van der Waals surface area contributed by atoms with Crippen LogP contribution in [0.3, 0.4) is 0 Å². The Labute approximate surface area is 142 Å². The molecule has 0 unspecified atom stereocenters. The first kappa shape index (κ1) is 16.4. The fourth-order valence-corrected chi connectivity index (χ4v) is 4.26. The maximum atomic E-state index is 13.0. The van der Waals surface area contributed by atoms with Gasteiger partial charge < -0.3 is 9.80 Å². The van der Waals surface area contributed by atoms with Gasteiger partial charge in [-0.3, -0.25) is 9.59 Å². The van der Waals surface area contributed by atoms with E-state index >= 15 is 0 Å². The second-order valence-electron chi connectivity index (χ2n) is 6.53. The number of amides is 2. The van der Waals surface area contributed by atoms with Crippen molar-refractivity contribution in [1.82, 2.24) is 4.90 Å². The lowest BCUT2D eigenvalue weighted by Gasteiger charge is -2.23. The lowest BCUT2D eigenvalue weighted by Crippen LogP contribution is -2.32. The molecule has 1 aromatic rings. The van der Waals surface area contributed by atoms with Gasteiger partial charge in [-0.1, -0.05) is 11.6 Å². The molecule has 0 saturated carbocycles. The summed E-state index contributed by atoms with van der Waals surface area (Å²) in [7, 11) is 0. The van der Waals surface area contributed by atoms with Crippen LogP contribution in [0.1, 0.15) is 35.2 Å². The van der Waals surface area contributed by atoms with Crippen molar-refractivity contribution in [2.45, 2.75) is 26.2 Å². The molecule has 0 N–H and O–H groups in total. The third kappa shape index (κ3) is 3.39. The van der Waals surface area contributed by atoms with Gasteiger partial charge in [0.05, 0.1) is 11.3 Å². The molecule has 2 aliphatic heterocycles. The van der Waals surface area contributed by atoms with Gasteiger partial charge in [0.2, 0.25) is 5.91 Å². The van der Waals surface area contributed by atoms with E-state index in [1.165, 1.54) is 0 Å². The van der Waals surface area contributed by atoms with Gasteiger partial charge in [0.15, 0.2) is 0 Å². The number of hydrogen-bond donors (Lipinski definition) is 0. The van der Waals surface area contributed by atoms with E-state index in [-0.39, 0.29) is 11.8 Å². The van der Waals surface area contributed by atoms with Crippen molar-refractivity contribution in [3.63, 3.8) is 0 Å². The average molecular weight is 332 g/mol. The van der Waals surface area contributed by atoms with Crippen molar-refractivity contribution in [3.8, 4) is 0 Å². The lowest BCUT2D eigenvalue weighted by molar-refractivity contribution is -0.117. The minimum atomic E-state index is 0.0759. The zero-order chi connectivity index (χ0) is 16.4. The summed E-state index contributed by atoms with van der Waals surface area (Å²) in [6.45, 7) is 4.37. The molecule has 2 aliphatic rings. The number of anilines is 1. The summed E-state index contributed by atoms with van der Waals surface area (Å²) in [5, 5.41) is 0. The van der Waals surface area contributed by atoms with Crippen LogP contribution in [0.25, 0.3) is 0 Å². The first-order valence-corrected chi connectivity index (χ1v) is 9.68. The van der Waals surface area contributed by atoms with E-state index in [9.17, 15) is 9.59 Å². The molecule has 5 heteroatoms. The van der Waals surface area contributed by atoms with Gasteiger partial charge in [0.1, 0.15) is 0 Å². The molecule has 0 aliphatic carbocycles. The Bertz CT molecular complexity index is 617. The Hall–Kier alpha value is -1.49. The van der Waals surface area contributed by atoms with E-state index in [2.05, 4.69) is 6.26 Å². The highest BCUT2D eigenvalue weighted by Crippen LogP contribution is 2.29. The zero-order valence-electron chi connectivity index (χ0n) is 13.9. The minimum absolute atomic E-state index is 0.0759. The summed E-state index contributed by atoms with van der Waals surface area (Å²) in [5.74, 6) is 1.90. The molecule has 4 nitrogen and oxygen atoms in total. The van der Waals surface area contributed by atoms with Gasteiger partial charge >= 0.3 is 0 Å². The monoisotopic (exact) mass is 332 g/mol. The van der Waals surface area contributed by atoms with Crippen molar-refractivity contribution in [3.05, 3.63) is 29.3 Å². The van der Waals surface area contributed by atoms with Crippen molar-refractivity contribution in [2.75, 3.05) is 36.5 Å². The van der Waals surface area contributed by atoms with E-state index in [0.29, 0.717) is 17.9 Å². The molecular weight excluding hydrogens is 308 g/mol. The fourth-order valence-electron chi connectivity index (χ4n) is 3.52. The van der Waals surface area contributed by atoms with E-state index in [0.717, 1.165) is 49.5 Å². The number of aryl methyl sites for hydroxylation is 1. The van der Waals surface area contributed by atoms with E-state index in [4.69, 9.17) is 0 Å². The van der Waals surface area contributed by atoms with Gasteiger partial charge in [-0.2, -0.15) is 11.8 Å². The predicted octanol–water partition coefficient (Wildman–Crippen LogP) is 2.95. The van der Waals surface area contributed by atoms with Gasteiger partial charge in [0.25, 0.3) is 5.91 Å². The quantitative estimate of drug-likeness (QED) is 0.851. The summed E-state index contributed by atoms with van der Waals surface area (Å²) in [4.78, 5) is 28.8. The Balaban J connectivity index is 1.85. The van der Waals surface area contributed by atoms with Crippen LogP contribution in [-0.2, 0) is 4.79 Å². The van der Waals surface area contributed by atoms with Crippen molar-refractivity contribution in [1.29, 1.82) is 0 Å². The summed E-state index contributed by atoms with van der Waals surface area (Å²) >= 11 is 1.84. The maximum Gasteiger partial charge on any atom is 0.255 e. The number of rotatable bonds is 4. The third-order valence-electron chi connectivity index (χ3n) is 4.72. The largest absolute Gasteiger partial charge is 0.338 e. The number of hydrogen-bond acceptors (Lipinski definition) is 3. The van der Waals surface area contributed by atoms with E-state index in [1.807, 2.05) is 41.8 Å². The molecule has 0 radical (unpaired) electrons. The van der Waals surface area contributed by atoms with Crippen molar-refractivity contribution >= 4 is 29.3 Å². The van der Waals surface area contributed by atoms with Crippen LogP contribution in [0.5, 0.6) is 0 Å². The molecule has 2 heterocycles. The zero-order valence-corrected chi connectivity index (χ0v) is 14.7. The topological polar surface area (TPSA) is 40.6 Å². The second-order valence-corrected chi connectivity index (χ2v) is 7.44. The number of nitrogens with zero attached hydrogens (tertiary/aromatic N) is 2. The fraction of sp³-hybridized carbons (Fsp3) is 0.556. The molecule has 2 saturated heterocycles. The Kier molecular flexibility index (Phi) is 4.95. The van der Waals surface area contributed by atoms with E-state index < -0.39 is 0 Å². The van der Waals surface area contributed by atoms with Gasteiger partial charge in [-0.05, 0) is 49.8 Å². The standard InChI is InChI=1S/C18H24N2O2S/c1-13-5-6-16(20-8-3-4-17(20)21)15(10-13)18(22)19-9-7-14(11-19)12-23-2/h5-6,10,14H,3-4,7-9,11-12H2,1-2H3/t14-/m1/s1. The Morgan fingerprint density at radius 1 is 1.35 bits per heavy atom. The van der Waals surface area contributed by atoms with Crippen LogP contribution in [0.15, 0.2) is 18.2 Å². The predicted molar refractivity (Wildman–Crippen MR) is 95.2 cm³/mol. The molecule has 0 aromatic heterocycles. The maximum absolute atomic E-state index is 13.0. The second kappa shape index (κ2) is 6.95. The SMILES string of the molecule is CSC[C@@H]1CCN(C(=O)c2cc(C)ccc2N2CCCC2=O)C1. The molecule has 124 valence electrons. The summed E-state index contributed by atoms with van der Waals surface area (Å²) in [6, 6.07) is 5.85. The summed E-state index contributed by atoms with van der Waals surface area (Å²) in [6.07, 6.45) is 4.65. The van der Waals surface area contributed by atoms with Crippen molar-refractivity contribution in [2.24, 2.45) is 5.92 Å². The van der Waals surface area contributed by atoms with Gasteiger partial charge in [0, 0.05) is 26.1 Å². The number of carbonyl (C=O) groups is 2. The first-order valence-electron chi connectivity index (χ1n) is 8.29. The van der Waals surface area contributed by atoms with Crippen LogP contribution in [0.4, 0.5) is 5.69 Å². The molecule has 3 rings (SSSR count). The number of thioether (sulfide) groups is 1. The molecular formula is C18H24N2O2S. The van der Waals surface area contributed by atoms with Crippen LogP contribution < -0.4 is 4.90 Å². The number of carbonyl (C=O) groups excluding carboxylic acids is 2. The molecule has 2 fully saturated rings. The normalized spacial score (nSPS) is 21.3. The van der Waals surface area contributed by atoms with Gasteiger partial charge in [-0.25, -0.2) is 0 Å². The molecule has 1 aromatic carbocycles. The molecule has 0 bridgehead atoms. The van der Waals surface area contributed by atoms with E-state index in [1.54, 1.807) is 4.90 Å². The first-order chi connectivity index (χ1) is 11.1. The Morgan fingerprint density at radius 2 is 2.17 bits per heavy atom. The van der Waals surface area contributed by atoms with Crippen LogP contribution >= 0.6 is 11.8 Å². The highest BCUT2D eigenvalue weighted by atomic mass is 32.2. The van der Waals surface area contributed by atoms with Gasteiger partial charge in [-0.15, -0.1) is 0 Å².